The molecule has 0 unspecified atom stereocenters. The lowest BCUT2D eigenvalue weighted by atomic mass is 10.0. The van der Waals surface area contributed by atoms with E-state index < -0.39 is 0 Å². The summed E-state index contributed by atoms with van der Waals surface area (Å²) in [4.78, 5) is 22.1. The number of nitrogens with zero attached hydrogens (tertiary/aromatic N) is 1. The Kier molecular flexibility index (Phi) is 6.67. The Morgan fingerprint density at radius 1 is 0.742 bits per heavy atom. The first kappa shape index (κ1) is 20.3. The molecule has 0 bridgehead atoms. The summed E-state index contributed by atoms with van der Waals surface area (Å²) in [6.07, 6.45) is 3.49. The van der Waals surface area contributed by atoms with Gasteiger partial charge in [-0.25, -0.2) is 5.48 Å². The van der Waals surface area contributed by atoms with Gasteiger partial charge in [0.25, 0.3) is 5.91 Å². The highest BCUT2D eigenvalue weighted by atomic mass is 16.6. The van der Waals surface area contributed by atoms with Crippen LogP contribution < -0.4 is 10.8 Å². The number of benzene rings is 3. The van der Waals surface area contributed by atoms with Gasteiger partial charge in [0.2, 0.25) is 0 Å². The molecular formula is C26H23N3O2. The molecule has 0 aliphatic carbocycles. The minimum absolute atomic E-state index is 0.285. The molecule has 0 fully saturated rings. The first-order valence-electron chi connectivity index (χ1n) is 10.1. The van der Waals surface area contributed by atoms with Gasteiger partial charge in [-0.15, -0.1) is 0 Å². The number of para-hydroxylation sites is 1. The van der Waals surface area contributed by atoms with Crippen LogP contribution in [0.25, 0.3) is 11.1 Å². The molecule has 3 aromatic carbocycles. The Balaban J connectivity index is 1.32. The summed E-state index contributed by atoms with van der Waals surface area (Å²) in [6, 6.07) is 29.5. The van der Waals surface area contributed by atoms with Crippen molar-refractivity contribution in [1.29, 1.82) is 0 Å². The second-order valence-electron chi connectivity index (χ2n) is 7.04. The highest BCUT2D eigenvalue weighted by molar-refractivity contribution is 5.99. The molecular weight excluding hydrogens is 386 g/mol. The Morgan fingerprint density at radius 3 is 2.19 bits per heavy atom. The van der Waals surface area contributed by atoms with Gasteiger partial charge in [-0.05, 0) is 46.5 Å². The van der Waals surface area contributed by atoms with E-state index in [9.17, 15) is 4.79 Å². The van der Waals surface area contributed by atoms with E-state index in [1.165, 1.54) is 5.56 Å². The Morgan fingerprint density at radius 2 is 1.42 bits per heavy atom. The van der Waals surface area contributed by atoms with Crippen molar-refractivity contribution >= 4 is 11.6 Å². The number of nitrogens with one attached hydrogen (secondary N) is 2. The molecule has 0 aliphatic heterocycles. The van der Waals surface area contributed by atoms with Gasteiger partial charge < -0.3 is 5.32 Å². The van der Waals surface area contributed by atoms with E-state index in [0.717, 1.165) is 22.4 Å². The zero-order valence-electron chi connectivity index (χ0n) is 17.0. The van der Waals surface area contributed by atoms with Gasteiger partial charge in [-0.1, -0.05) is 66.7 Å². The van der Waals surface area contributed by atoms with Crippen LogP contribution >= 0.6 is 0 Å². The van der Waals surface area contributed by atoms with Crippen LogP contribution in [0.4, 0.5) is 5.69 Å². The molecule has 0 saturated carbocycles. The zero-order chi connectivity index (χ0) is 21.3. The Bertz CT molecular complexity index is 1110. The van der Waals surface area contributed by atoms with Crippen LogP contribution in [0, 0.1) is 0 Å². The second-order valence-corrected chi connectivity index (χ2v) is 7.04. The fourth-order valence-corrected chi connectivity index (χ4v) is 3.20. The topological polar surface area (TPSA) is 63.2 Å². The van der Waals surface area contributed by atoms with Crippen molar-refractivity contribution in [2.75, 3.05) is 5.32 Å². The van der Waals surface area contributed by atoms with E-state index in [-0.39, 0.29) is 12.5 Å². The molecule has 4 aromatic rings. The molecule has 0 spiro atoms. The van der Waals surface area contributed by atoms with E-state index in [1.54, 1.807) is 18.5 Å². The summed E-state index contributed by atoms with van der Waals surface area (Å²) in [5.74, 6) is -0.293. The van der Waals surface area contributed by atoms with Gasteiger partial charge in [0.05, 0.1) is 12.2 Å². The number of pyridine rings is 1. The van der Waals surface area contributed by atoms with Gasteiger partial charge in [-0.2, -0.15) is 0 Å². The SMILES string of the molecule is O=C(NOCc1ccc(-c2ccccc2)cc1)c1ccccc1NCc1ccncc1. The highest BCUT2D eigenvalue weighted by Gasteiger charge is 2.11. The number of hydrogen-bond donors (Lipinski definition) is 2. The largest absolute Gasteiger partial charge is 0.380 e. The number of aromatic nitrogens is 1. The van der Waals surface area contributed by atoms with Crippen molar-refractivity contribution < 1.29 is 9.63 Å². The Hall–Kier alpha value is -3.96. The van der Waals surface area contributed by atoms with Gasteiger partial charge >= 0.3 is 0 Å². The maximum atomic E-state index is 12.6. The number of anilines is 1. The highest BCUT2D eigenvalue weighted by Crippen LogP contribution is 2.20. The molecule has 2 N–H and O–H groups in total. The van der Waals surface area contributed by atoms with Crippen LogP contribution in [0.2, 0.25) is 0 Å². The third-order valence-corrected chi connectivity index (χ3v) is 4.87. The predicted molar refractivity (Wildman–Crippen MR) is 122 cm³/mol. The molecule has 0 saturated heterocycles. The summed E-state index contributed by atoms with van der Waals surface area (Å²) in [5, 5.41) is 3.30. The lowest BCUT2D eigenvalue weighted by Gasteiger charge is -2.12. The lowest BCUT2D eigenvalue weighted by Crippen LogP contribution is -2.24. The molecule has 4 rings (SSSR count). The number of amides is 1. The van der Waals surface area contributed by atoms with Crippen LogP contribution in [0.15, 0.2) is 103 Å². The molecule has 0 radical (unpaired) electrons. The second kappa shape index (κ2) is 10.2. The first-order chi connectivity index (χ1) is 15.3. The molecule has 31 heavy (non-hydrogen) atoms. The summed E-state index contributed by atoms with van der Waals surface area (Å²) in [7, 11) is 0. The monoisotopic (exact) mass is 409 g/mol. The van der Waals surface area contributed by atoms with Crippen molar-refractivity contribution in [3.63, 3.8) is 0 Å². The molecule has 5 nitrogen and oxygen atoms in total. The molecule has 1 heterocycles. The molecule has 154 valence electrons. The van der Waals surface area contributed by atoms with Crippen molar-refractivity contribution in [3.05, 3.63) is 120 Å². The summed E-state index contributed by atoms with van der Waals surface area (Å²) < 4.78 is 0. The van der Waals surface area contributed by atoms with Crippen LogP contribution in [0.1, 0.15) is 21.5 Å². The van der Waals surface area contributed by atoms with E-state index in [4.69, 9.17) is 4.84 Å². The average Bonchev–Trinajstić information content (AvgIpc) is 2.84. The first-order valence-corrected chi connectivity index (χ1v) is 10.1. The minimum atomic E-state index is -0.293. The number of carbonyl (C=O) groups is 1. The summed E-state index contributed by atoms with van der Waals surface area (Å²) >= 11 is 0. The van der Waals surface area contributed by atoms with Gasteiger partial charge in [0, 0.05) is 24.6 Å². The molecule has 0 atom stereocenters. The Labute approximate surface area is 181 Å². The van der Waals surface area contributed by atoms with Crippen molar-refractivity contribution in [2.24, 2.45) is 0 Å². The number of hydrogen-bond acceptors (Lipinski definition) is 4. The summed E-state index contributed by atoms with van der Waals surface area (Å²) in [6.45, 7) is 0.884. The van der Waals surface area contributed by atoms with Crippen LogP contribution in [-0.2, 0) is 18.0 Å². The molecule has 1 aromatic heterocycles. The third kappa shape index (κ3) is 5.56. The van der Waals surface area contributed by atoms with Crippen LogP contribution in [-0.4, -0.2) is 10.9 Å². The van der Waals surface area contributed by atoms with E-state index >= 15 is 0 Å². The number of hydroxylamine groups is 1. The zero-order valence-corrected chi connectivity index (χ0v) is 17.0. The third-order valence-electron chi connectivity index (χ3n) is 4.87. The van der Waals surface area contributed by atoms with Gasteiger partial charge in [-0.3, -0.25) is 14.6 Å². The van der Waals surface area contributed by atoms with Crippen molar-refractivity contribution in [2.45, 2.75) is 13.2 Å². The molecule has 5 heteroatoms. The van der Waals surface area contributed by atoms with Crippen molar-refractivity contribution in [1.82, 2.24) is 10.5 Å². The summed E-state index contributed by atoms with van der Waals surface area (Å²) in [5.41, 5.74) is 8.18. The van der Waals surface area contributed by atoms with Crippen molar-refractivity contribution in [3.8, 4) is 11.1 Å². The average molecular weight is 409 g/mol. The maximum absolute atomic E-state index is 12.6. The van der Waals surface area contributed by atoms with Gasteiger partial charge in [0.15, 0.2) is 0 Å². The molecule has 1 amide bonds. The predicted octanol–water partition coefficient (Wildman–Crippen LogP) is 5.22. The maximum Gasteiger partial charge on any atom is 0.276 e. The standard InChI is InChI=1S/C26H23N3O2/c30-26(24-8-4-5-9-25(24)28-18-20-14-16-27-17-15-20)29-31-19-21-10-12-23(13-11-21)22-6-2-1-3-7-22/h1-17,28H,18-19H2,(H,29,30). The molecule has 0 aliphatic rings. The lowest BCUT2D eigenvalue weighted by molar-refractivity contribution is 0.0234. The van der Waals surface area contributed by atoms with Gasteiger partial charge in [0.1, 0.15) is 0 Å². The van der Waals surface area contributed by atoms with Crippen LogP contribution in [0.5, 0.6) is 0 Å². The minimum Gasteiger partial charge on any atom is -0.380 e. The quantitative estimate of drug-likeness (QED) is 0.392. The van der Waals surface area contributed by atoms with E-state index in [2.05, 4.69) is 27.9 Å². The van der Waals surface area contributed by atoms with Crippen LogP contribution in [0.3, 0.4) is 0 Å². The fraction of sp³-hybridized carbons (Fsp3) is 0.0769. The number of rotatable bonds is 8. The van der Waals surface area contributed by atoms with E-state index in [1.807, 2.05) is 72.8 Å². The number of carbonyl (C=O) groups excluding carboxylic acids is 1. The van der Waals surface area contributed by atoms with E-state index in [0.29, 0.717) is 12.1 Å². The normalized spacial score (nSPS) is 10.5. The smallest absolute Gasteiger partial charge is 0.276 e. The fourth-order valence-electron chi connectivity index (χ4n) is 3.20.